The minimum absolute atomic E-state index is 0.0392. The van der Waals surface area contributed by atoms with E-state index in [4.69, 9.17) is 0 Å². The molecule has 1 amide bonds. The van der Waals surface area contributed by atoms with E-state index >= 15 is 0 Å². The number of rotatable bonds is 4. The molecule has 1 aliphatic rings. The van der Waals surface area contributed by atoms with Crippen molar-refractivity contribution in [3.8, 4) is 5.75 Å². The van der Waals surface area contributed by atoms with Gasteiger partial charge in [-0.2, -0.15) is 0 Å². The minimum atomic E-state index is -0.851. The Bertz CT molecular complexity index is 1120. The predicted octanol–water partition coefficient (Wildman–Crippen LogP) is 4.15. The highest BCUT2D eigenvalue weighted by atomic mass is 19.1. The summed E-state index contributed by atoms with van der Waals surface area (Å²) in [6.45, 7) is 0.164. The van der Waals surface area contributed by atoms with Crippen LogP contribution >= 0.6 is 0 Å². The smallest absolute Gasteiger partial charge is 0.295 e. The number of phenolic OH excluding ortho intramolecular Hbond substituents is 1. The Balaban J connectivity index is 1.85. The summed E-state index contributed by atoms with van der Waals surface area (Å²) >= 11 is 0. The zero-order valence-electron chi connectivity index (χ0n) is 15.8. The Kier molecular flexibility index (Phi) is 5.06. The van der Waals surface area contributed by atoms with Gasteiger partial charge >= 0.3 is 0 Å². The number of ketones is 1. The molecule has 0 spiro atoms. The van der Waals surface area contributed by atoms with Gasteiger partial charge in [-0.05, 0) is 47.5 Å². The van der Waals surface area contributed by atoms with E-state index in [1.54, 1.807) is 12.1 Å². The third-order valence-corrected chi connectivity index (χ3v) is 5.06. The number of aromatic hydroxyl groups is 1. The number of amides is 1. The van der Waals surface area contributed by atoms with Crippen LogP contribution in [0.2, 0.25) is 0 Å². The molecule has 0 saturated carbocycles. The number of phenols is 1. The molecule has 150 valence electrons. The maximum Gasteiger partial charge on any atom is 0.295 e. The Morgan fingerprint density at radius 2 is 1.53 bits per heavy atom. The van der Waals surface area contributed by atoms with Gasteiger partial charge in [-0.25, -0.2) is 4.39 Å². The third kappa shape index (κ3) is 3.55. The fourth-order valence-electron chi connectivity index (χ4n) is 3.59. The second-order valence-corrected chi connectivity index (χ2v) is 7.01. The molecule has 1 aliphatic heterocycles. The van der Waals surface area contributed by atoms with Crippen LogP contribution in [0.15, 0.2) is 84.4 Å². The number of aliphatic hydroxyl groups is 1. The SMILES string of the molecule is O=C1C(=O)N(Cc2ccccc2)C(c2ccc(O)cc2)C1=C(O)c1ccc(F)cc1. The van der Waals surface area contributed by atoms with Gasteiger partial charge in [0.25, 0.3) is 11.7 Å². The zero-order chi connectivity index (χ0) is 21.3. The molecule has 3 aromatic rings. The van der Waals surface area contributed by atoms with Crippen LogP contribution in [0.3, 0.4) is 0 Å². The lowest BCUT2D eigenvalue weighted by Gasteiger charge is -2.25. The molecular formula is C24H18FNO4. The maximum absolute atomic E-state index is 13.3. The molecule has 0 aliphatic carbocycles. The van der Waals surface area contributed by atoms with Gasteiger partial charge in [0.2, 0.25) is 0 Å². The number of aliphatic hydroxyl groups excluding tert-OH is 1. The number of carbonyl (C=O) groups is 2. The van der Waals surface area contributed by atoms with Crippen molar-refractivity contribution in [2.24, 2.45) is 0 Å². The molecule has 3 aromatic carbocycles. The van der Waals surface area contributed by atoms with E-state index in [9.17, 15) is 24.2 Å². The minimum Gasteiger partial charge on any atom is -0.508 e. The maximum atomic E-state index is 13.3. The number of hydrogen-bond donors (Lipinski definition) is 2. The molecule has 30 heavy (non-hydrogen) atoms. The molecule has 0 aromatic heterocycles. The average molecular weight is 403 g/mol. The van der Waals surface area contributed by atoms with Crippen LogP contribution in [0.25, 0.3) is 5.76 Å². The first-order valence-corrected chi connectivity index (χ1v) is 9.33. The van der Waals surface area contributed by atoms with E-state index in [0.29, 0.717) is 5.56 Å². The molecule has 4 rings (SSSR count). The predicted molar refractivity (Wildman–Crippen MR) is 109 cm³/mol. The molecule has 0 bridgehead atoms. The molecule has 1 heterocycles. The number of halogens is 1. The van der Waals surface area contributed by atoms with Crippen LogP contribution < -0.4 is 0 Å². The number of nitrogens with zero attached hydrogens (tertiary/aromatic N) is 1. The van der Waals surface area contributed by atoms with Crippen LogP contribution in [-0.2, 0) is 16.1 Å². The number of benzene rings is 3. The molecule has 1 fully saturated rings. The molecule has 6 heteroatoms. The van der Waals surface area contributed by atoms with Crippen LogP contribution in [0.4, 0.5) is 4.39 Å². The van der Waals surface area contributed by atoms with Gasteiger partial charge in [0, 0.05) is 12.1 Å². The molecule has 0 radical (unpaired) electrons. The van der Waals surface area contributed by atoms with E-state index in [1.165, 1.54) is 41.3 Å². The van der Waals surface area contributed by atoms with E-state index in [2.05, 4.69) is 0 Å². The first-order chi connectivity index (χ1) is 14.5. The van der Waals surface area contributed by atoms with Crippen LogP contribution in [-0.4, -0.2) is 26.8 Å². The molecule has 1 saturated heterocycles. The lowest BCUT2D eigenvalue weighted by atomic mass is 9.95. The highest BCUT2D eigenvalue weighted by Gasteiger charge is 2.46. The number of hydrogen-bond acceptors (Lipinski definition) is 4. The van der Waals surface area contributed by atoms with Crippen LogP contribution in [0.1, 0.15) is 22.7 Å². The standard InChI is InChI=1S/C24H18FNO4/c25-18-10-6-17(7-11-18)22(28)20-21(16-8-12-19(27)13-9-16)26(24(30)23(20)29)14-15-4-2-1-3-5-15/h1-13,21,27-28H,14H2. The lowest BCUT2D eigenvalue weighted by molar-refractivity contribution is -0.140. The number of likely N-dealkylation sites (tertiary alicyclic amines) is 1. The Labute approximate surface area is 172 Å². The zero-order valence-corrected chi connectivity index (χ0v) is 15.8. The highest BCUT2D eigenvalue weighted by molar-refractivity contribution is 6.46. The Morgan fingerprint density at radius 3 is 2.17 bits per heavy atom. The van der Waals surface area contributed by atoms with Crippen molar-refractivity contribution in [2.75, 3.05) is 0 Å². The summed E-state index contributed by atoms with van der Waals surface area (Å²) in [6, 6.07) is 19.5. The summed E-state index contributed by atoms with van der Waals surface area (Å²) in [6.07, 6.45) is 0. The second-order valence-electron chi connectivity index (χ2n) is 7.01. The van der Waals surface area contributed by atoms with Gasteiger partial charge in [0.05, 0.1) is 11.6 Å². The summed E-state index contributed by atoms with van der Waals surface area (Å²) in [5.41, 5.74) is 1.54. The first kappa shape index (κ1) is 19.4. The lowest BCUT2D eigenvalue weighted by Crippen LogP contribution is -2.29. The number of Topliss-reactive ketones (excluding diaryl/α,β-unsaturated/α-hetero) is 1. The van der Waals surface area contributed by atoms with E-state index < -0.39 is 23.5 Å². The summed E-state index contributed by atoms with van der Waals surface area (Å²) in [7, 11) is 0. The van der Waals surface area contributed by atoms with Gasteiger partial charge in [-0.15, -0.1) is 0 Å². The monoisotopic (exact) mass is 403 g/mol. The van der Waals surface area contributed by atoms with E-state index in [0.717, 1.165) is 5.56 Å². The molecular weight excluding hydrogens is 385 g/mol. The summed E-state index contributed by atoms with van der Waals surface area (Å²) in [5, 5.41) is 20.5. The van der Waals surface area contributed by atoms with Crippen molar-refractivity contribution in [3.05, 3.63) is 107 Å². The van der Waals surface area contributed by atoms with Crippen molar-refractivity contribution < 1.29 is 24.2 Å². The van der Waals surface area contributed by atoms with E-state index in [1.807, 2.05) is 30.3 Å². The van der Waals surface area contributed by atoms with E-state index in [-0.39, 0.29) is 29.2 Å². The molecule has 1 unspecified atom stereocenters. The van der Waals surface area contributed by atoms with Gasteiger partial charge in [0.15, 0.2) is 0 Å². The summed E-state index contributed by atoms with van der Waals surface area (Å²) in [5.74, 6) is -2.36. The van der Waals surface area contributed by atoms with Crippen molar-refractivity contribution >= 4 is 17.4 Å². The summed E-state index contributed by atoms with van der Waals surface area (Å²) in [4.78, 5) is 27.2. The van der Waals surface area contributed by atoms with Gasteiger partial charge in [-0.1, -0.05) is 42.5 Å². The largest absolute Gasteiger partial charge is 0.508 e. The topological polar surface area (TPSA) is 77.8 Å². The molecule has 2 N–H and O–H groups in total. The Hall–Kier alpha value is -3.93. The molecule has 1 atom stereocenters. The van der Waals surface area contributed by atoms with Gasteiger partial charge < -0.3 is 15.1 Å². The Morgan fingerprint density at radius 1 is 0.900 bits per heavy atom. The normalized spacial score (nSPS) is 18.0. The first-order valence-electron chi connectivity index (χ1n) is 9.33. The fraction of sp³-hybridized carbons (Fsp3) is 0.0833. The highest BCUT2D eigenvalue weighted by Crippen LogP contribution is 2.40. The van der Waals surface area contributed by atoms with Crippen molar-refractivity contribution in [2.45, 2.75) is 12.6 Å². The third-order valence-electron chi connectivity index (χ3n) is 5.06. The van der Waals surface area contributed by atoms with Crippen LogP contribution in [0, 0.1) is 5.82 Å². The number of carbonyl (C=O) groups excluding carboxylic acids is 2. The van der Waals surface area contributed by atoms with Crippen molar-refractivity contribution in [1.29, 1.82) is 0 Å². The quantitative estimate of drug-likeness (QED) is 0.390. The fourth-order valence-corrected chi connectivity index (χ4v) is 3.59. The summed E-state index contributed by atoms with van der Waals surface area (Å²) < 4.78 is 13.3. The van der Waals surface area contributed by atoms with Crippen molar-refractivity contribution in [3.63, 3.8) is 0 Å². The van der Waals surface area contributed by atoms with Crippen molar-refractivity contribution in [1.82, 2.24) is 4.90 Å². The van der Waals surface area contributed by atoms with Gasteiger partial charge in [0.1, 0.15) is 17.3 Å². The average Bonchev–Trinajstić information content (AvgIpc) is 3.00. The van der Waals surface area contributed by atoms with Crippen LogP contribution in [0.5, 0.6) is 5.75 Å². The second kappa shape index (κ2) is 7.83. The van der Waals surface area contributed by atoms with Gasteiger partial charge in [-0.3, -0.25) is 9.59 Å². The molecule has 5 nitrogen and oxygen atoms in total.